The zero-order valence-corrected chi connectivity index (χ0v) is 11.5. The number of fused-ring (bicyclic) bond motifs is 2. The number of rotatable bonds is 2. The molecule has 2 aromatic carbocycles. The Bertz CT molecular complexity index is 642. The maximum absolute atomic E-state index is 5.92. The summed E-state index contributed by atoms with van der Waals surface area (Å²) in [5, 5.41) is 0. The van der Waals surface area contributed by atoms with Gasteiger partial charge >= 0.3 is 0 Å². The quantitative estimate of drug-likeness (QED) is 0.763. The van der Waals surface area contributed by atoms with Crippen LogP contribution in [-0.2, 0) is 4.74 Å². The highest BCUT2D eigenvalue weighted by atomic mass is 16.5. The van der Waals surface area contributed by atoms with Crippen LogP contribution in [0.3, 0.4) is 0 Å². The molecule has 4 rings (SSSR count). The molecule has 2 heterocycles. The number of hydrogen-bond donors (Lipinski definition) is 0. The molecular formula is C19H18O. The zero-order chi connectivity index (χ0) is 13.4. The molecule has 0 aliphatic carbocycles. The van der Waals surface area contributed by atoms with Gasteiger partial charge in [0.05, 0.1) is 12.2 Å². The molecular weight excluding hydrogens is 244 g/mol. The first-order valence-corrected chi connectivity index (χ1v) is 7.41. The largest absolute Gasteiger partial charge is 0.371 e. The molecule has 20 heavy (non-hydrogen) atoms. The first kappa shape index (κ1) is 11.9. The van der Waals surface area contributed by atoms with Crippen molar-refractivity contribution in [2.75, 3.05) is 0 Å². The van der Waals surface area contributed by atoms with Crippen LogP contribution in [0.25, 0.3) is 16.7 Å². The monoisotopic (exact) mass is 262 g/mol. The van der Waals surface area contributed by atoms with Crippen LogP contribution >= 0.6 is 0 Å². The van der Waals surface area contributed by atoms with Crippen molar-refractivity contribution in [1.29, 1.82) is 0 Å². The molecule has 2 aromatic rings. The van der Waals surface area contributed by atoms with Crippen molar-refractivity contribution in [3.8, 4) is 11.1 Å². The summed E-state index contributed by atoms with van der Waals surface area (Å²) < 4.78 is 5.92. The van der Waals surface area contributed by atoms with Gasteiger partial charge < -0.3 is 4.74 Å². The molecule has 2 atom stereocenters. The Hall–Kier alpha value is -1.86. The molecule has 1 nitrogen and oxygen atoms in total. The summed E-state index contributed by atoms with van der Waals surface area (Å²) in [5.41, 5.74) is 5.46. The minimum atomic E-state index is 0.340. The molecule has 1 saturated heterocycles. The van der Waals surface area contributed by atoms with Gasteiger partial charge in [0, 0.05) is 0 Å². The minimum absolute atomic E-state index is 0.340. The second-order valence-electron chi connectivity index (χ2n) is 5.68. The standard InChI is InChI=1S/C19H18O/c1-2-6-14(7-3-1)18-8-4-5-9-19(18)15-12-16-10-11-17(13-15)20-16/h1-9,12,16-17H,10-11,13H2. The number of ether oxygens (including phenoxy) is 1. The summed E-state index contributed by atoms with van der Waals surface area (Å²) in [6.45, 7) is 0. The SMILES string of the molecule is C1=C(c2ccccc2-c2ccccc2)CC2CCC1O2. The molecule has 0 spiro atoms. The summed E-state index contributed by atoms with van der Waals surface area (Å²) in [5.74, 6) is 0. The fourth-order valence-corrected chi connectivity index (χ4v) is 3.38. The van der Waals surface area contributed by atoms with Crippen LogP contribution in [0, 0.1) is 0 Å². The molecule has 2 aliphatic rings. The van der Waals surface area contributed by atoms with Gasteiger partial charge in [-0.15, -0.1) is 0 Å². The number of benzene rings is 2. The van der Waals surface area contributed by atoms with Crippen molar-refractivity contribution in [2.24, 2.45) is 0 Å². The molecule has 2 unspecified atom stereocenters. The second kappa shape index (κ2) is 4.92. The van der Waals surface area contributed by atoms with Gasteiger partial charge in [-0.25, -0.2) is 0 Å². The van der Waals surface area contributed by atoms with Gasteiger partial charge in [0.25, 0.3) is 0 Å². The van der Waals surface area contributed by atoms with Gasteiger partial charge in [-0.05, 0) is 41.5 Å². The van der Waals surface area contributed by atoms with E-state index in [1.54, 1.807) is 0 Å². The maximum atomic E-state index is 5.92. The highest BCUT2D eigenvalue weighted by Gasteiger charge is 2.30. The van der Waals surface area contributed by atoms with E-state index in [9.17, 15) is 0 Å². The molecule has 0 saturated carbocycles. The molecule has 0 aromatic heterocycles. The van der Waals surface area contributed by atoms with E-state index in [0.29, 0.717) is 12.2 Å². The van der Waals surface area contributed by atoms with Crippen LogP contribution in [0.1, 0.15) is 24.8 Å². The smallest absolute Gasteiger partial charge is 0.0766 e. The van der Waals surface area contributed by atoms with Crippen LogP contribution in [0.4, 0.5) is 0 Å². The van der Waals surface area contributed by atoms with Gasteiger partial charge in [0.15, 0.2) is 0 Å². The average molecular weight is 262 g/mol. The lowest BCUT2D eigenvalue weighted by Crippen LogP contribution is -2.15. The highest BCUT2D eigenvalue weighted by Crippen LogP contribution is 2.39. The first-order valence-electron chi connectivity index (χ1n) is 7.41. The van der Waals surface area contributed by atoms with Gasteiger partial charge in [0.2, 0.25) is 0 Å². The Kier molecular flexibility index (Phi) is 2.93. The van der Waals surface area contributed by atoms with Crippen molar-refractivity contribution in [3.63, 3.8) is 0 Å². The molecule has 1 fully saturated rings. The van der Waals surface area contributed by atoms with Gasteiger partial charge in [-0.3, -0.25) is 0 Å². The lowest BCUT2D eigenvalue weighted by molar-refractivity contribution is 0.0672. The maximum Gasteiger partial charge on any atom is 0.0766 e. The summed E-state index contributed by atoms with van der Waals surface area (Å²) >= 11 is 0. The van der Waals surface area contributed by atoms with Gasteiger partial charge in [0.1, 0.15) is 0 Å². The Morgan fingerprint density at radius 2 is 1.55 bits per heavy atom. The summed E-state index contributed by atoms with van der Waals surface area (Å²) in [6, 6.07) is 19.4. The average Bonchev–Trinajstić information content (AvgIpc) is 2.86. The Labute approximate surface area is 119 Å². The summed E-state index contributed by atoms with van der Waals surface area (Å²) in [7, 11) is 0. The van der Waals surface area contributed by atoms with E-state index in [4.69, 9.17) is 4.74 Å². The van der Waals surface area contributed by atoms with Crippen LogP contribution in [0.5, 0.6) is 0 Å². The van der Waals surface area contributed by atoms with Crippen LogP contribution in [-0.4, -0.2) is 12.2 Å². The van der Waals surface area contributed by atoms with E-state index < -0.39 is 0 Å². The van der Waals surface area contributed by atoms with E-state index in [0.717, 1.165) is 6.42 Å². The van der Waals surface area contributed by atoms with E-state index in [-0.39, 0.29) is 0 Å². The van der Waals surface area contributed by atoms with Crippen molar-refractivity contribution < 1.29 is 4.74 Å². The fourth-order valence-electron chi connectivity index (χ4n) is 3.38. The Balaban J connectivity index is 1.80. The van der Waals surface area contributed by atoms with Crippen LogP contribution in [0.15, 0.2) is 60.7 Å². The molecule has 2 bridgehead atoms. The highest BCUT2D eigenvalue weighted by molar-refractivity contribution is 5.82. The third-order valence-corrected chi connectivity index (χ3v) is 4.33. The predicted octanol–water partition coefficient (Wildman–Crippen LogP) is 4.69. The zero-order valence-electron chi connectivity index (χ0n) is 11.5. The third-order valence-electron chi connectivity index (χ3n) is 4.33. The van der Waals surface area contributed by atoms with Crippen molar-refractivity contribution in [3.05, 3.63) is 66.2 Å². The van der Waals surface area contributed by atoms with Crippen molar-refractivity contribution in [2.45, 2.75) is 31.5 Å². The fraction of sp³-hybridized carbons (Fsp3) is 0.263. The lowest BCUT2D eigenvalue weighted by Gasteiger charge is -2.22. The van der Waals surface area contributed by atoms with E-state index in [1.807, 2.05) is 0 Å². The van der Waals surface area contributed by atoms with Crippen LogP contribution < -0.4 is 0 Å². The third kappa shape index (κ3) is 2.08. The Morgan fingerprint density at radius 1 is 0.800 bits per heavy atom. The molecule has 0 radical (unpaired) electrons. The van der Waals surface area contributed by atoms with E-state index in [1.165, 1.54) is 35.1 Å². The van der Waals surface area contributed by atoms with Crippen molar-refractivity contribution >= 4 is 5.57 Å². The van der Waals surface area contributed by atoms with E-state index >= 15 is 0 Å². The van der Waals surface area contributed by atoms with Crippen LogP contribution in [0.2, 0.25) is 0 Å². The number of hydrogen-bond acceptors (Lipinski definition) is 1. The van der Waals surface area contributed by atoms with Gasteiger partial charge in [-0.2, -0.15) is 0 Å². The molecule has 100 valence electrons. The normalized spacial score (nSPS) is 24.5. The summed E-state index contributed by atoms with van der Waals surface area (Å²) in [4.78, 5) is 0. The molecule has 0 N–H and O–H groups in total. The molecule has 0 amide bonds. The van der Waals surface area contributed by atoms with E-state index in [2.05, 4.69) is 60.7 Å². The lowest BCUT2D eigenvalue weighted by atomic mass is 9.91. The predicted molar refractivity (Wildman–Crippen MR) is 82.4 cm³/mol. The Morgan fingerprint density at radius 3 is 2.35 bits per heavy atom. The van der Waals surface area contributed by atoms with Crippen molar-refractivity contribution in [1.82, 2.24) is 0 Å². The second-order valence-corrected chi connectivity index (χ2v) is 5.68. The summed E-state index contributed by atoms with van der Waals surface area (Å²) in [6.07, 6.45) is 6.56. The topological polar surface area (TPSA) is 9.23 Å². The minimum Gasteiger partial charge on any atom is -0.371 e. The van der Waals surface area contributed by atoms with Gasteiger partial charge in [-0.1, -0.05) is 60.7 Å². The first-order chi connectivity index (χ1) is 9.90. The molecule has 1 heteroatoms. The molecule has 2 aliphatic heterocycles.